The first-order valence-corrected chi connectivity index (χ1v) is 15.4. The van der Waals surface area contributed by atoms with E-state index in [9.17, 15) is 23.6 Å². The van der Waals surface area contributed by atoms with Crippen molar-refractivity contribution >= 4 is 23.6 Å². The van der Waals surface area contributed by atoms with Crippen molar-refractivity contribution in [3.8, 4) is 0 Å². The van der Waals surface area contributed by atoms with E-state index in [1.165, 1.54) is 32.0 Å². The topological polar surface area (TPSA) is 126 Å². The Kier molecular flexibility index (Phi) is 9.57. The van der Waals surface area contributed by atoms with Crippen LogP contribution in [0.4, 0.5) is 4.39 Å². The van der Waals surface area contributed by atoms with Gasteiger partial charge in [-0.25, -0.2) is 4.39 Å². The highest BCUT2D eigenvalue weighted by atomic mass is 19.1. The van der Waals surface area contributed by atoms with Crippen molar-refractivity contribution in [1.82, 2.24) is 30.2 Å². The minimum Gasteiger partial charge on any atom is -0.371 e. The molecule has 0 radical (unpaired) electrons. The first-order chi connectivity index (χ1) is 21.9. The molecule has 0 bridgehead atoms. The molecule has 0 aliphatic carbocycles. The summed E-state index contributed by atoms with van der Waals surface area (Å²) in [5.41, 5.74) is -0.555. The van der Waals surface area contributed by atoms with Gasteiger partial charge in [-0.15, -0.1) is 0 Å². The van der Waals surface area contributed by atoms with Crippen molar-refractivity contribution in [2.75, 3.05) is 33.2 Å². The quantitative estimate of drug-likeness (QED) is 0.335. The Morgan fingerprint density at radius 3 is 2.22 bits per heavy atom. The van der Waals surface area contributed by atoms with Gasteiger partial charge in [0.15, 0.2) is 5.67 Å². The zero-order valence-electron chi connectivity index (χ0n) is 26.6. The van der Waals surface area contributed by atoms with Gasteiger partial charge in [-0.05, 0) is 31.9 Å². The summed E-state index contributed by atoms with van der Waals surface area (Å²) in [4.78, 5) is 56.3. The van der Waals surface area contributed by atoms with Gasteiger partial charge >= 0.3 is 0 Å². The number of carbonyl (C=O) groups excluding carboxylic acids is 4. The second kappa shape index (κ2) is 13.4. The minimum absolute atomic E-state index is 0.0648. The van der Waals surface area contributed by atoms with Crippen LogP contribution >= 0.6 is 0 Å². The van der Waals surface area contributed by atoms with E-state index in [0.29, 0.717) is 12.1 Å². The Morgan fingerprint density at radius 2 is 1.61 bits per heavy atom. The highest BCUT2D eigenvalue weighted by molar-refractivity contribution is 5.96. The number of likely N-dealkylation sites (N-methyl/N-ethyl adjacent to an activating group) is 1. The third-order valence-electron chi connectivity index (χ3n) is 8.78. The van der Waals surface area contributed by atoms with Crippen molar-refractivity contribution in [2.24, 2.45) is 11.3 Å². The van der Waals surface area contributed by atoms with Gasteiger partial charge in [0.2, 0.25) is 11.8 Å². The third kappa shape index (κ3) is 7.12. The van der Waals surface area contributed by atoms with E-state index in [4.69, 9.17) is 4.74 Å². The van der Waals surface area contributed by atoms with Crippen LogP contribution < -0.4 is 10.6 Å². The van der Waals surface area contributed by atoms with E-state index in [1.807, 2.05) is 60.7 Å². The number of carbonyl (C=O) groups is 4. The number of halogens is 1. The number of likely N-dealkylation sites (tertiary alicyclic amines) is 2. The van der Waals surface area contributed by atoms with Crippen molar-refractivity contribution in [2.45, 2.75) is 51.7 Å². The number of amides is 4. The monoisotopic (exact) mass is 632 g/mol. The van der Waals surface area contributed by atoms with Crippen LogP contribution in [0.2, 0.25) is 0 Å². The number of benzene rings is 2. The van der Waals surface area contributed by atoms with Crippen LogP contribution in [0.1, 0.15) is 42.3 Å². The molecule has 3 heterocycles. The van der Waals surface area contributed by atoms with Gasteiger partial charge in [-0.3, -0.25) is 23.9 Å². The maximum absolute atomic E-state index is 14.6. The predicted octanol–water partition coefficient (Wildman–Crippen LogP) is 2.42. The van der Waals surface area contributed by atoms with Gasteiger partial charge < -0.3 is 25.2 Å². The molecule has 12 heteroatoms. The van der Waals surface area contributed by atoms with Crippen molar-refractivity contribution < 1.29 is 28.3 Å². The van der Waals surface area contributed by atoms with Gasteiger partial charge in [0.05, 0.1) is 36.9 Å². The smallest absolute Gasteiger partial charge is 0.259 e. The molecule has 3 aromatic rings. The van der Waals surface area contributed by atoms with Crippen molar-refractivity contribution in [3.63, 3.8) is 0 Å². The van der Waals surface area contributed by atoms with Gasteiger partial charge in [0.25, 0.3) is 11.8 Å². The molecule has 4 amide bonds. The predicted molar refractivity (Wildman–Crippen MR) is 168 cm³/mol. The highest BCUT2D eigenvalue weighted by Gasteiger charge is 2.60. The second-order valence-electron chi connectivity index (χ2n) is 12.7. The number of ether oxygens (including phenoxy) is 1. The second-order valence-corrected chi connectivity index (χ2v) is 12.7. The molecule has 0 saturated carbocycles. The van der Waals surface area contributed by atoms with Gasteiger partial charge in [0, 0.05) is 44.8 Å². The third-order valence-corrected chi connectivity index (χ3v) is 8.78. The zero-order valence-corrected chi connectivity index (χ0v) is 26.6. The van der Waals surface area contributed by atoms with E-state index < -0.39 is 46.9 Å². The molecule has 5 rings (SSSR count). The molecule has 244 valence electrons. The molecule has 11 nitrogen and oxygen atoms in total. The van der Waals surface area contributed by atoms with Crippen LogP contribution in [-0.2, 0) is 32.3 Å². The maximum Gasteiger partial charge on any atom is 0.259 e. The lowest BCUT2D eigenvalue weighted by molar-refractivity contribution is -0.159. The fourth-order valence-electron chi connectivity index (χ4n) is 6.26. The first-order valence-electron chi connectivity index (χ1n) is 15.4. The number of hydrogen-bond donors (Lipinski definition) is 2. The van der Waals surface area contributed by atoms with Crippen LogP contribution in [0.3, 0.4) is 0 Å². The molecular formula is C34H41FN6O5. The summed E-state index contributed by atoms with van der Waals surface area (Å²) >= 11 is 0. The average Bonchev–Trinajstić information content (AvgIpc) is 3.67. The molecule has 1 aromatic heterocycles. The fraction of sp³-hybridized carbons (Fsp3) is 0.441. The Hall–Kier alpha value is -4.58. The molecular weight excluding hydrogens is 591 g/mol. The van der Waals surface area contributed by atoms with Crippen LogP contribution in [0, 0.1) is 11.3 Å². The fourth-order valence-corrected chi connectivity index (χ4v) is 6.26. The molecule has 2 aliphatic heterocycles. The average molecular weight is 633 g/mol. The van der Waals surface area contributed by atoms with Crippen LogP contribution in [0.5, 0.6) is 0 Å². The largest absolute Gasteiger partial charge is 0.371 e. The first kappa shape index (κ1) is 32.8. The van der Waals surface area contributed by atoms with Crippen molar-refractivity contribution in [1.29, 1.82) is 0 Å². The lowest BCUT2D eigenvalue weighted by atomic mass is 9.70. The Labute approximate surface area is 268 Å². The lowest BCUT2D eigenvalue weighted by Gasteiger charge is -2.51. The minimum atomic E-state index is -2.07. The van der Waals surface area contributed by atoms with Crippen molar-refractivity contribution in [3.05, 3.63) is 89.7 Å². The number of alkyl halides is 1. The summed E-state index contributed by atoms with van der Waals surface area (Å²) in [6, 6.07) is 18.2. The lowest BCUT2D eigenvalue weighted by Crippen LogP contribution is -2.67. The summed E-state index contributed by atoms with van der Waals surface area (Å²) in [6.07, 6.45) is 2.49. The Balaban J connectivity index is 1.32. The van der Waals surface area contributed by atoms with Crippen LogP contribution in [0.25, 0.3) is 0 Å². The standard InChI is InChI=1S/C34H41FN6O5/c1-23(46-19-25-13-9-6-10-14-25)28(30(43)36-4)38-29(42)27-18-39(20-34(27)21-40(22-34)32(45)33(2,3)35)31(44)26-15-37-41(17-26)16-24-11-7-5-8-12-24/h5-15,17,23,27-28H,16,18-22H2,1-4H3,(H,36,43)(H,38,42)/t23-,27-,28+/m1/s1. The normalized spacial score (nSPS) is 18.5. The van der Waals surface area contributed by atoms with Gasteiger partial charge in [-0.2, -0.15) is 5.10 Å². The van der Waals surface area contributed by atoms with Crippen LogP contribution in [0.15, 0.2) is 73.1 Å². The van der Waals surface area contributed by atoms with Crippen LogP contribution in [-0.4, -0.2) is 94.3 Å². The van der Waals surface area contributed by atoms with E-state index in [0.717, 1.165) is 11.1 Å². The van der Waals surface area contributed by atoms with Gasteiger partial charge in [-0.1, -0.05) is 60.7 Å². The SMILES string of the molecule is CNC(=O)[C@@H](NC(=O)[C@H]1CN(C(=O)c2cnn(Cc3ccccc3)c2)CC12CN(C(=O)C(C)(C)F)C2)[C@@H](C)OCc1ccccc1. The van der Waals surface area contributed by atoms with E-state index in [-0.39, 0.29) is 38.7 Å². The van der Waals surface area contributed by atoms with E-state index >= 15 is 0 Å². The maximum atomic E-state index is 14.6. The molecule has 2 aromatic carbocycles. The molecule has 1 spiro atoms. The highest BCUT2D eigenvalue weighted by Crippen LogP contribution is 2.45. The van der Waals surface area contributed by atoms with E-state index in [2.05, 4.69) is 15.7 Å². The summed E-state index contributed by atoms with van der Waals surface area (Å²) in [7, 11) is 1.48. The molecule has 46 heavy (non-hydrogen) atoms. The summed E-state index contributed by atoms with van der Waals surface area (Å²) in [5, 5.41) is 9.81. The number of nitrogens with one attached hydrogen (secondary N) is 2. The Morgan fingerprint density at radius 1 is 1.00 bits per heavy atom. The molecule has 0 unspecified atom stereocenters. The molecule has 2 fully saturated rings. The molecule has 2 saturated heterocycles. The number of aromatic nitrogens is 2. The zero-order chi connectivity index (χ0) is 33.1. The summed E-state index contributed by atoms with van der Waals surface area (Å²) in [5.74, 6) is -2.59. The number of nitrogens with zero attached hydrogens (tertiary/aromatic N) is 4. The summed E-state index contributed by atoms with van der Waals surface area (Å²) in [6.45, 7) is 5.32. The Bertz CT molecular complexity index is 1550. The molecule has 2 aliphatic rings. The van der Waals surface area contributed by atoms with Gasteiger partial charge in [0.1, 0.15) is 6.04 Å². The number of rotatable bonds is 11. The molecule has 3 atom stereocenters. The van der Waals surface area contributed by atoms with E-state index in [1.54, 1.807) is 22.7 Å². The molecule has 2 N–H and O–H groups in total. The number of hydrogen-bond acceptors (Lipinski definition) is 6. The summed E-state index contributed by atoms with van der Waals surface area (Å²) < 4.78 is 22.2.